The van der Waals surface area contributed by atoms with Crippen LogP contribution in [0.15, 0.2) is 24.3 Å². The van der Waals surface area contributed by atoms with Gasteiger partial charge in [-0.25, -0.2) is 4.79 Å². The van der Waals surface area contributed by atoms with Crippen molar-refractivity contribution >= 4 is 11.9 Å². The highest BCUT2D eigenvalue weighted by atomic mass is 19.4. The molecule has 1 aliphatic heterocycles. The van der Waals surface area contributed by atoms with Crippen molar-refractivity contribution in [3.05, 3.63) is 57.9 Å². The average Bonchev–Trinajstić information content (AvgIpc) is 3.06. The van der Waals surface area contributed by atoms with Gasteiger partial charge in [0, 0.05) is 30.9 Å². The molecule has 6 nitrogen and oxygen atoms in total. The maximum absolute atomic E-state index is 13.3. The van der Waals surface area contributed by atoms with Crippen LogP contribution in [0.3, 0.4) is 0 Å². The number of alkyl halides is 3. The molecule has 3 rings (SSSR count). The summed E-state index contributed by atoms with van der Waals surface area (Å²) in [5.41, 5.74) is 0.648. The summed E-state index contributed by atoms with van der Waals surface area (Å²) in [4.78, 5) is 28.1. The maximum atomic E-state index is 13.3. The van der Waals surface area contributed by atoms with Crippen molar-refractivity contribution in [2.24, 2.45) is 0 Å². The zero-order chi connectivity index (χ0) is 23.5. The molecule has 174 valence electrons. The van der Waals surface area contributed by atoms with E-state index in [1.54, 1.807) is 26.8 Å². The Hall–Kier alpha value is -2.81. The van der Waals surface area contributed by atoms with E-state index in [0.717, 1.165) is 12.1 Å². The SMILES string of the molecule is CCOC(=O)c1c(C)[nH]c(C(=O)NCC2(c3cccc(C(F)(F)F)c3)CCOCC2)c1C. The number of aromatic amines is 1. The quantitative estimate of drug-likeness (QED) is 0.641. The van der Waals surface area contributed by atoms with Gasteiger partial charge in [-0.2, -0.15) is 13.2 Å². The van der Waals surface area contributed by atoms with E-state index in [9.17, 15) is 22.8 Å². The Kier molecular flexibility index (Phi) is 6.97. The molecule has 0 saturated carbocycles. The van der Waals surface area contributed by atoms with Crippen LogP contribution in [0, 0.1) is 13.8 Å². The van der Waals surface area contributed by atoms with Crippen molar-refractivity contribution in [2.75, 3.05) is 26.4 Å². The fraction of sp³-hybridized carbons (Fsp3) is 0.478. The van der Waals surface area contributed by atoms with Gasteiger partial charge < -0.3 is 19.8 Å². The number of aromatic nitrogens is 1. The lowest BCUT2D eigenvalue weighted by atomic mass is 9.73. The molecule has 1 aromatic heterocycles. The number of nitrogens with one attached hydrogen (secondary N) is 2. The zero-order valence-corrected chi connectivity index (χ0v) is 18.3. The van der Waals surface area contributed by atoms with Crippen molar-refractivity contribution < 1.29 is 32.2 Å². The lowest BCUT2D eigenvalue weighted by molar-refractivity contribution is -0.137. The third-order valence-electron chi connectivity index (χ3n) is 5.98. The number of carbonyl (C=O) groups is 2. The van der Waals surface area contributed by atoms with E-state index in [1.165, 1.54) is 6.07 Å². The largest absolute Gasteiger partial charge is 0.462 e. The second-order valence-electron chi connectivity index (χ2n) is 8.00. The maximum Gasteiger partial charge on any atom is 0.416 e. The standard InChI is InChI=1S/C23H27F3N2O4/c1-4-32-21(30)18-14(2)19(28-15(18)3)20(29)27-13-22(8-10-31-11-9-22)16-6-5-7-17(12-16)23(24,25)26/h5-7,12,28H,4,8-11,13H2,1-3H3,(H,27,29). The molecule has 1 aliphatic rings. The van der Waals surface area contributed by atoms with Crippen LogP contribution in [-0.4, -0.2) is 43.2 Å². The third-order valence-corrected chi connectivity index (χ3v) is 5.98. The van der Waals surface area contributed by atoms with E-state index in [2.05, 4.69) is 10.3 Å². The van der Waals surface area contributed by atoms with Gasteiger partial charge in [-0.3, -0.25) is 4.79 Å². The number of carbonyl (C=O) groups excluding carboxylic acids is 2. The number of hydrogen-bond acceptors (Lipinski definition) is 4. The molecule has 9 heteroatoms. The summed E-state index contributed by atoms with van der Waals surface area (Å²) in [5, 5.41) is 2.86. The minimum Gasteiger partial charge on any atom is -0.462 e. The van der Waals surface area contributed by atoms with Gasteiger partial charge in [-0.1, -0.05) is 18.2 Å². The molecule has 1 saturated heterocycles. The monoisotopic (exact) mass is 452 g/mol. The van der Waals surface area contributed by atoms with Crippen LogP contribution in [-0.2, 0) is 21.1 Å². The molecule has 2 heterocycles. The molecular weight excluding hydrogens is 425 g/mol. The van der Waals surface area contributed by atoms with Crippen molar-refractivity contribution in [2.45, 2.75) is 45.2 Å². The molecule has 0 spiro atoms. The molecular formula is C23H27F3N2O4. The Morgan fingerprint density at radius 2 is 1.91 bits per heavy atom. The summed E-state index contributed by atoms with van der Waals surface area (Å²) in [5.74, 6) is -0.943. The number of esters is 1. The second-order valence-corrected chi connectivity index (χ2v) is 8.00. The van der Waals surface area contributed by atoms with Gasteiger partial charge in [0.2, 0.25) is 0 Å². The summed E-state index contributed by atoms with van der Waals surface area (Å²) in [6.07, 6.45) is -3.50. The highest BCUT2D eigenvalue weighted by molar-refractivity contribution is 6.00. The Labute approximate surface area is 184 Å². The number of H-pyrrole nitrogens is 1. The summed E-state index contributed by atoms with van der Waals surface area (Å²) in [7, 11) is 0. The van der Waals surface area contributed by atoms with Crippen molar-refractivity contribution in [3.63, 3.8) is 0 Å². The number of aryl methyl sites for hydroxylation is 1. The predicted octanol–water partition coefficient (Wildman–Crippen LogP) is 4.31. The summed E-state index contributed by atoms with van der Waals surface area (Å²) in [6, 6.07) is 5.24. The number of halogens is 3. The van der Waals surface area contributed by atoms with Gasteiger partial charge in [0.05, 0.1) is 17.7 Å². The average molecular weight is 452 g/mol. The van der Waals surface area contributed by atoms with Gasteiger partial charge >= 0.3 is 12.1 Å². The molecule has 1 fully saturated rings. The number of amides is 1. The van der Waals surface area contributed by atoms with E-state index < -0.39 is 29.0 Å². The first-order chi connectivity index (χ1) is 15.1. The molecule has 0 radical (unpaired) electrons. The van der Waals surface area contributed by atoms with Gasteiger partial charge in [0.1, 0.15) is 5.69 Å². The van der Waals surface area contributed by atoms with Gasteiger partial charge in [-0.15, -0.1) is 0 Å². The van der Waals surface area contributed by atoms with Crippen LogP contribution in [0.1, 0.15) is 63.0 Å². The first-order valence-corrected chi connectivity index (χ1v) is 10.5. The van der Waals surface area contributed by atoms with Gasteiger partial charge in [-0.05, 0) is 50.8 Å². The van der Waals surface area contributed by atoms with Crippen molar-refractivity contribution in [1.29, 1.82) is 0 Å². The van der Waals surface area contributed by atoms with E-state index in [4.69, 9.17) is 9.47 Å². The summed E-state index contributed by atoms with van der Waals surface area (Å²) < 4.78 is 50.3. The molecule has 2 aromatic rings. The third kappa shape index (κ3) is 4.82. The lowest BCUT2D eigenvalue weighted by Gasteiger charge is -2.38. The van der Waals surface area contributed by atoms with Crippen LogP contribution in [0.2, 0.25) is 0 Å². The van der Waals surface area contributed by atoms with Crippen LogP contribution in [0.5, 0.6) is 0 Å². The summed E-state index contributed by atoms with van der Waals surface area (Å²) in [6.45, 7) is 6.17. The lowest BCUT2D eigenvalue weighted by Crippen LogP contribution is -2.45. The number of benzene rings is 1. The Bertz CT molecular complexity index is 992. The Morgan fingerprint density at radius 1 is 1.22 bits per heavy atom. The van der Waals surface area contributed by atoms with E-state index in [-0.39, 0.29) is 18.8 Å². The minimum absolute atomic E-state index is 0.142. The minimum atomic E-state index is -4.45. The topological polar surface area (TPSA) is 80.4 Å². The van der Waals surface area contributed by atoms with Crippen LogP contribution in [0.25, 0.3) is 0 Å². The van der Waals surface area contributed by atoms with Crippen molar-refractivity contribution in [3.8, 4) is 0 Å². The molecule has 1 aromatic carbocycles. The van der Waals surface area contributed by atoms with E-state index in [1.807, 2.05) is 0 Å². The molecule has 0 unspecified atom stereocenters. The van der Waals surface area contributed by atoms with Crippen LogP contribution in [0.4, 0.5) is 13.2 Å². The predicted molar refractivity (Wildman–Crippen MR) is 112 cm³/mol. The van der Waals surface area contributed by atoms with E-state index in [0.29, 0.717) is 48.4 Å². The first-order valence-electron chi connectivity index (χ1n) is 10.5. The normalized spacial score (nSPS) is 15.9. The highest BCUT2D eigenvalue weighted by Gasteiger charge is 2.38. The highest BCUT2D eigenvalue weighted by Crippen LogP contribution is 2.38. The molecule has 2 N–H and O–H groups in total. The smallest absolute Gasteiger partial charge is 0.416 e. The van der Waals surface area contributed by atoms with Crippen LogP contribution < -0.4 is 5.32 Å². The number of ether oxygens (including phenoxy) is 2. The zero-order valence-electron chi connectivity index (χ0n) is 18.3. The van der Waals surface area contributed by atoms with Gasteiger partial charge in [0.25, 0.3) is 5.91 Å². The molecule has 0 atom stereocenters. The molecule has 0 aliphatic carbocycles. The number of rotatable bonds is 6. The molecule has 0 bridgehead atoms. The van der Waals surface area contributed by atoms with E-state index >= 15 is 0 Å². The second kappa shape index (κ2) is 9.36. The van der Waals surface area contributed by atoms with Gasteiger partial charge in [0.15, 0.2) is 0 Å². The summed E-state index contributed by atoms with van der Waals surface area (Å²) >= 11 is 0. The fourth-order valence-corrected chi connectivity index (χ4v) is 4.18. The first kappa shape index (κ1) is 23.8. The van der Waals surface area contributed by atoms with Crippen molar-refractivity contribution in [1.82, 2.24) is 10.3 Å². The Morgan fingerprint density at radius 3 is 2.53 bits per heavy atom. The fourth-order valence-electron chi connectivity index (χ4n) is 4.18. The Balaban J connectivity index is 1.85. The molecule has 1 amide bonds. The van der Waals surface area contributed by atoms with Crippen LogP contribution >= 0.6 is 0 Å². The molecule has 32 heavy (non-hydrogen) atoms. The number of hydrogen-bond donors (Lipinski definition) is 2.